The number of rotatable bonds is 8. The fraction of sp³-hybridized carbons (Fsp3) is 0.333. The lowest BCUT2D eigenvalue weighted by atomic mass is 10.2. The number of esters is 2. The number of hydrogen-bond donors (Lipinski definition) is 0. The first-order chi connectivity index (χ1) is 12.5. The molecule has 0 saturated carbocycles. The first-order valence-corrected chi connectivity index (χ1v) is 8.72. The van der Waals surface area contributed by atoms with Gasteiger partial charge in [-0.2, -0.15) is 0 Å². The van der Waals surface area contributed by atoms with Crippen LogP contribution in [0, 0.1) is 5.92 Å². The van der Waals surface area contributed by atoms with Gasteiger partial charge in [0.25, 0.3) is 0 Å². The Hall–Kier alpha value is -2.82. The Balaban J connectivity index is 2.03. The lowest BCUT2D eigenvalue weighted by molar-refractivity contribution is 0.0459. The van der Waals surface area contributed by atoms with Crippen molar-refractivity contribution in [3.63, 3.8) is 0 Å². The second-order valence-corrected chi connectivity index (χ2v) is 6.25. The maximum Gasteiger partial charge on any atom is 0.347 e. The van der Waals surface area contributed by atoms with E-state index in [1.807, 2.05) is 20.8 Å². The minimum absolute atomic E-state index is 0.272. The predicted octanol–water partition coefficient (Wildman–Crippen LogP) is 4.51. The molecule has 0 saturated heterocycles. The molecule has 5 nitrogen and oxygen atoms in total. The van der Waals surface area contributed by atoms with E-state index >= 15 is 0 Å². The topological polar surface area (TPSA) is 61.8 Å². The number of hydrogen-bond acceptors (Lipinski definition) is 5. The molecule has 0 atom stereocenters. The highest BCUT2D eigenvalue weighted by molar-refractivity contribution is 5.94. The third-order valence-corrected chi connectivity index (χ3v) is 3.42. The van der Waals surface area contributed by atoms with Gasteiger partial charge in [-0.05, 0) is 48.7 Å². The van der Waals surface area contributed by atoms with E-state index in [1.165, 1.54) is 0 Å². The molecule has 0 bridgehead atoms. The lowest BCUT2D eigenvalue weighted by Crippen LogP contribution is -2.12. The standard InChI is InChI=1S/C21H24O5/c1-4-13-24-19-8-6-5-7-18(19)21(23)26-17-11-9-16(10-12-17)20(22)25-14-15(2)3/h5-12,15H,4,13-14H2,1-3H3. The Labute approximate surface area is 153 Å². The summed E-state index contributed by atoms with van der Waals surface area (Å²) in [7, 11) is 0. The monoisotopic (exact) mass is 356 g/mol. The van der Waals surface area contributed by atoms with Gasteiger partial charge in [-0.3, -0.25) is 0 Å². The van der Waals surface area contributed by atoms with Gasteiger partial charge in [-0.1, -0.05) is 32.9 Å². The summed E-state index contributed by atoms with van der Waals surface area (Å²) in [5.74, 6) is 0.213. The van der Waals surface area contributed by atoms with Gasteiger partial charge in [0.2, 0.25) is 0 Å². The van der Waals surface area contributed by atoms with Crippen LogP contribution in [-0.4, -0.2) is 25.2 Å². The summed E-state index contributed by atoms with van der Waals surface area (Å²) in [4.78, 5) is 24.3. The molecule has 0 aliphatic heterocycles. The molecule has 0 aliphatic carbocycles. The second-order valence-electron chi connectivity index (χ2n) is 6.25. The minimum Gasteiger partial charge on any atom is -0.493 e. The molecule has 0 unspecified atom stereocenters. The average Bonchev–Trinajstić information content (AvgIpc) is 2.65. The molecule has 0 N–H and O–H groups in total. The van der Waals surface area contributed by atoms with Crippen LogP contribution in [0.2, 0.25) is 0 Å². The summed E-state index contributed by atoms with van der Waals surface area (Å²) >= 11 is 0. The van der Waals surface area contributed by atoms with Crippen LogP contribution in [0.1, 0.15) is 47.9 Å². The van der Waals surface area contributed by atoms with Crippen LogP contribution in [0.25, 0.3) is 0 Å². The quantitative estimate of drug-likeness (QED) is 0.514. The van der Waals surface area contributed by atoms with E-state index in [4.69, 9.17) is 14.2 Å². The minimum atomic E-state index is -0.508. The van der Waals surface area contributed by atoms with Crippen molar-refractivity contribution in [1.82, 2.24) is 0 Å². The van der Waals surface area contributed by atoms with E-state index in [1.54, 1.807) is 48.5 Å². The van der Waals surface area contributed by atoms with E-state index < -0.39 is 11.9 Å². The molecule has 2 aromatic carbocycles. The molecule has 2 rings (SSSR count). The maximum atomic E-state index is 12.4. The van der Waals surface area contributed by atoms with Gasteiger partial charge in [-0.25, -0.2) is 9.59 Å². The van der Waals surface area contributed by atoms with Gasteiger partial charge in [-0.15, -0.1) is 0 Å². The third-order valence-electron chi connectivity index (χ3n) is 3.42. The van der Waals surface area contributed by atoms with Crippen molar-refractivity contribution in [2.75, 3.05) is 13.2 Å². The van der Waals surface area contributed by atoms with E-state index in [0.29, 0.717) is 35.8 Å². The summed E-state index contributed by atoms with van der Waals surface area (Å²) in [6.07, 6.45) is 0.845. The molecule has 0 heterocycles. The highest BCUT2D eigenvalue weighted by Crippen LogP contribution is 2.21. The fourth-order valence-corrected chi connectivity index (χ4v) is 2.12. The fourth-order valence-electron chi connectivity index (χ4n) is 2.12. The molecule has 0 radical (unpaired) electrons. The Morgan fingerprint density at radius 3 is 2.31 bits per heavy atom. The first kappa shape index (κ1) is 19.5. The van der Waals surface area contributed by atoms with Crippen LogP contribution in [0.3, 0.4) is 0 Å². The van der Waals surface area contributed by atoms with Crippen molar-refractivity contribution in [2.24, 2.45) is 5.92 Å². The van der Waals surface area contributed by atoms with E-state index in [0.717, 1.165) is 6.42 Å². The van der Waals surface area contributed by atoms with Crippen molar-refractivity contribution in [2.45, 2.75) is 27.2 Å². The number of ether oxygens (including phenoxy) is 3. The van der Waals surface area contributed by atoms with Gasteiger partial charge < -0.3 is 14.2 Å². The zero-order valence-electron chi connectivity index (χ0n) is 15.4. The predicted molar refractivity (Wildman–Crippen MR) is 98.7 cm³/mol. The SMILES string of the molecule is CCCOc1ccccc1C(=O)Oc1ccc(C(=O)OCC(C)C)cc1. The van der Waals surface area contributed by atoms with Gasteiger partial charge in [0, 0.05) is 0 Å². The first-order valence-electron chi connectivity index (χ1n) is 8.72. The largest absolute Gasteiger partial charge is 0.493 e. The highest BCUT2D eigenvalue weighted by Gasteiger charge is 2.15. The van der Waals surface area contributed by atoms with Gasteiger partial charge in [0.15, 0.2) is 0 Å². The van der Waals surface area contributed by atoms with Crippen LogP contribution in [-0.2, 0) is 4.74 Å². The molecule has 0 amide bonds. The lowest BCUT2D eigenvalue weighted by Gasteiger charge is -2.11. The van der Waals surface area contributed by atoms with Gasteiger partial charge >= 0.3 is 11.9 Å². The van der Waals surface area contributed by atoms with Crippen LogP contribution in [0.5, 0.6) is 11.5 Å². The molecular formula is C21H24O5. The smallest absolute Gasteiger partial charge is 0.347 e. The third kappa shape index (κ3) is 5.62. The zero-order valence-corrected chi connectivity index (χ0v) is 15.4. The number of carbonyl (C=O) groups is 2. The normalized spacial score (nSPS) is 10.5. The molecular weight excluding hydrogens is 332 g/mol. The summed E-state index contributed by atoms with van der Waals surface area (Å²) in [5, 5.41) is 0. The summed E-state index contributed by atoms with van der Waals surface area (Å²) in [6, 6.07) is 13.2. The summed E-state index contributed by atoms with van der Waals surface area (Å²) < 4.78 is 16.1. The van der Waals surface area contributed by atoms with Crippen molar-refractivity contribution in [3.05, 3.63) is 59.7 Å². The van der Waals surface area contributed by atoms with E-state index in [-0.39, 0.29) is 5.92 Å². The highest BCUT2D eigenvalue weighted by atomic mass is 16.5. The van der Waals surface area contributed by atoms with Crippen molar-refractivity contribution >= 4 is 11.9 Å². The van der Waals surface area contributed by atoms with Crippen molar-refractivity contribution in [3.8, 4) is 11.5 Å². The van der Waals surface area contributed by atoms with E-state index in [9.17, 15) is 9.59 Å². The van der Waals surface area contributed by atoms with Crippen molar-refractivity contribution in [1.29, 1.82) is 0 Å². The Bertz CT molecular complexity index is 734. The molecule has 0 fully saturated rings. The molecule has 2 aromatic rings. The average molecular weight is 356 g/mol. The Morgan fingerprint density at radius 1 is 0.962 bits per heavy atom. The van der Waals surface area contributed by atoms with Gasteiger partial charge in [0.05, 0.1) is 18.8 Å². The summed E-state index contributed by atoms with van der Waals surface area (Å²) in [6.45, 7) is 6.83. The number of para-hydroxylation sites is 1. The molecule has 0 aromatic heterocycles. The molecule has 5 heteroatoms. The molecule has 26 heavy (non-hydrogen) atoms. The molecule has 138 valence electrons. The maximum absolute atomic E-state index is 12.4. The number of benzene rings is 2. The Morgan fingerprint density at radius 2 is 1.65 bits per heavy atom. The van der Waals surface area contributed by atoms with Crippen LogP contribution >= 0.6 is 0 Å². The van der Waals surface area contributed by atoms with Gasteiger partial charge in [0.1, 0.15) is 17.1 Å². The number of carbonyl (C=O) groups excluding carboxylic acids is 2. The van der Waals surface area contributed by atoms with Crippen LogP contribution < -0.4 is 9.47 Å². The molecule has 0 spiro atoms. The molecule has 0 aliphatic rings. The van der Waals surface area contributed by atoms with Crippen LogP contribution in [0.4, 0.5) is 0 Å². The van der Waals surface area contributed by atoms with Crippen molar-refractivity contribution < 1.29 is 23.8 Å². The summed E-state index contributed by atoms with van der Waals surface area (Å²) in [5.41, 5.74) is 0.776. The van der Waals surface area contributed by atoms with E-state index in [2.05, 4.69) is 0 Å². The second kappa shape index (κ2) is 9.61. The zero-order chi connectivity index (χ0) is 18.9. The Kier molecular flexibility index (Phi) is 7.21. The van der Waals surface area contributed by atoms with Crippen LogP contribution in [0.15, 0.2) is 48.5 Å².